The second-order valence-electron chi connectivity index (χ2n) is 5.24. The number of alkyl halides is 3. The first-order chi connectivity index (χ1) is 9.24. The van der Waals surface area contributed by atoms with E-state index in [1.807, 2.05) is 12.1 Å². The maximum atomic E-state index is 12.8. The van der Waals surface area contributed by atoms with Gasteiger partial charge in [-0.3, -0.25) is 5.32 Å². The molecule has 1 aliphatic rings. The van der Waals surface area contributed by atoms with Crippen LogP contribution in [-0.4, -0.2) is 22.8 Å². The summed E-state index contributed by atoms with van der Waals surface area (Å²) in [6, 6.07) is 5.51. The van der Waals surface area contributed by atoms with Crippen LogP contribution in [0, 0.1) is 0 Å². The molecule has 20 heavy (non-hydrogen) atoms. The van der Waals surface area contributed by atoms with Crippen molar-refractivity contribution in [2.75, 3.05) is 0 Å². The van der Waals surface area contributed by atoms with Crippen molar-refractivity contribution < 1.29 is 23.1 Å². The Bertz CT molecular complexity index is 528. The van der Waals surface area contributed by atoms with Gasteiger partial charge in [-0.05, 0) is 42.9 Å². The first-order valence-corrected chi connectivity index (χ1v) is 6.40. The molecule has 0 saturated carbocycles. The largest absolute Gasteiger partial charge is 0.480 e. The maximum absolute atomic E-state index is 12.8. The van der Waals surface area contributed by atoms with Crippen molar-refractivity contribution in [3.63, 3.8) is 0 Å². The van der Waals surface area contributed by atoms with Crippen LogP contribution in [0.1, 0.15) is 30.0 Å². The fourth-order valence-electron chi connectivity index (χ4n) is 2.31. The quantitative estimate of drug-likeness (QED) is 0.895. The van der Waals surface area contributed by atoms with Crippen molar-refractivity contribution in [3.8, 4) is 0 Å². The molecule has 110 valence electrons. The van der Waals surface area contributed by atoms with E-state index in [1.165, 1.54) is 5.56 Å². The van der Waals surface area contributed by atoms with Crippen LogP contribution in [0.5, 0.6) is 0 Å². The van der Waals surface area contributed by atoms with Crippen LogP contribution in [-0.2, 0) is 24.2 Å². The van der Waals surface area contributed by atoms with Crippen LogP contribution < -0.4 is 5.32 Å². The van der Waals surface area contributed by atoms with E-state index in [0.29, 0.717) is 12.5 Å². The van der Waals surface area contributed by atoms with Crippen molar-refractivity contribution in [1.82, 2.24) is 5.32 Å². The van der Waals surface area contributed by atoms with E-state index >= 15 is 0 Å². The van der Waals surface area contributed by atoms with E-state index in [4.69, 9.17) is 5.11 Å². The Labute approximate surface area is 114 Å². The molecule has 1 aromatic rings. The Morgan fingerprint density at radius 2 is 1.95 bits per heavy atom. The normalized spacial score (nSPS) is 17.6. The lowest BCUT2D eigenvalue weighted by Crippen LogP contribution is -2.59. The van der Waals surface area contributed by atoms with Crippen LogP contribution in [0.2, 0.25) is 0 Å². The number of carboxylic acid groups (broad SMARTS) is 1. The molecule has 3 nitrogen and oxygen atoms in total. The number of hydrogen-bond donors (Lipinski definition) is 2. The van der Waals surface area contributed by atoms with Gasteiger partial charge in [-0.2, -0.15) is 13.2 Å². The zero-order chi connectivity index (χ0) is 15.0. The first kappa shape index (κ1) is 14.8. The van der Waals surface area contributed by atoms with Gasteiger partial charge in [0.15, 0.2) is 0 Å². The number of nitrogens with one attached hydrogen (secondary N) is 1. The first-order valence-electron chi connectivity index (χ1n) is 6.40. The smallest absolute Gasteiger partial charge is 0.417 e. The molecule has 1 aliphatic carbocycles. The third-order valence-electron chi connectivity index (χ3n) is 3.80. The van der Waals surface area contributed by atoms with Crippen molar-refractivity contribution >= 4 is 5.97 Å². The summed E-state index contributed by atoms with van der Waals surface area (Å²) in [5.74, 6) is -1.92. The van der Waals surface area contributed by atoms with E-state index < -0.39 is 17.7 Å². The molecule has 2 rings (SSSR count). The summed E-state index contributed by atoms with van der Waals surface area (Å²) in [6.07, 6.45) is -1.87. The number of rotatable bonds is 4. The molecule has 0 heterocycles. The minimum Gasteiger partial charge on any atom is -0.480 e. The average molecular weight is 287 g/mol. The van der Waals surface area contributed by atoms with E-state index in [9.17, 15) is 18.0 Å². The van der Waals surface area contributed by atoms with Crippen molar-refractivity contribution in [3.05, 3.63) is 34.9 Å². The molecule has 1 atom stereocenters. The SMILES string of the molecule is CC(NCc1ccc2c(c1)CCC2)(C(=O)O)C(F)(F)F. The maximum Gasteiger partial charge on any atom is 0.417 e. The minimum absolute atomic E-state index is 0.129. The van der Waals surface area contributed by atoms with Gasteiger partial charge in [0.05, 0.1) is 0 Å². The Morgan fingerprint density at radius 1 is 1.30 bits per heavy atom. The predicted octanol–water partition coefficient (Wildman–Crippen LogP) is 2.67. The standard InChI is InChI=1S/C14H16F3NO2/c1-13(12(19)20,14(15,16)17)18-8-9-5-6-10-3-2-4-11(10)7-9/h5-7,18H,2-4,8H2,1H3,(H,19,20). The topological polar surface area (TPSA) is 49.3 Å². The number of halogens is 3. The number of carbonyl (C=O) groups is 1. The van der Waals surface area contributed by atoms with Gasteiger partial charge in [-0.15, -0.1) is 0 Å². The van der Waals surface area contributed by atoms with Crippen LogP contribution >= 0.6 is 0 Å². The third kappa shape index (κ3) is 2.65. The highest BCUT2D eigenvalue weighted by atomic mass is 19.4. The Balaban J connectivity index is 2.12. The molecule has 0 aliphatic heterocycles. The van der Waals surface area contributed by atoms with Gasteiger partial charge in [0, 0.05) is 6.54 Å². The van der Waals surface area contributed by atoms with Gasteiger partial charge < -0.3 is 5.11 Å². The van der Waals surface area contributed by atoms with Crippen molar-refractivity contribution in [1.29, 1.82) is 0 Å². The van der Waals surface area contributed by atoms with Gasteiger partial charge in [-0.25, -0.2) is 4.79 Å². The summed E-state index contributed by atoms with van der Waals surface area (Å²) in [6.45, 7) is 0.512. The number of carboxylic acids is 1. The number of benzene rings is 1. The average Bonchev–Trinajstić information content (AvgIpc) is 2.81. The fraction of sp³-hybridized carbons (Fsp3) is 0.500. The molecule has 0 saturated heterocycles. The van der Waals surface area contributed by atoms with Crippen LogP contribution in [0.3, 0.4) is 0 Å². The van der Waals surface area contributed by atoms with Gasteiger partial charge >= 0.3 is 12.1 Å². The molecule has 0 fully saturated rings. The molecule has 2 N–H and O–H groups in total. The van der Waals surface area contributed by atoms with E-state index in [-0.39, 0.29) is 6.54 Å². The summed E-state index contributed by atoms with van der Waals surface area (Å²) >= 11 is 0. The Kier molecular flexibility index (Phi) is 3.77. The van der Waals surface area contributed by atoms with Crippen LogP contribution in [0.25, 0.3) is 0 Å². The molecule has 1 aromatic carbocycles. The molecular formula is C14H16F3NO2. The summed E-state index contributed by atoms with van der Waals surface area (Å²) in [7, 11) is 0. The Morgan fingerprint density at radius 3 is 2.55 bits per heavy atom. The van der Waals surface area contributed by atoms with Gasteiger partial charge in [0.25, 0.3) is 0 Å². The number of aryl methyl sites for hydroxylation is 2. The van der Waals surface area contributed by atoms with Gasteiger partial charge in [-0.1, -0.05) is 18.2 Å². The van der Waals surface area contributed by atoms with Crippen LogP contribution in [0.15, 0.2) is 18.2 Å². The number of hydrogen-bond acceptors (Lipinski definition) is 2. The zero-order valence-corrected chi connectivity index (χ0v) is 11.0. The minimum atomic E-state index is -4.85. The van der Waals surface area contributed by atoms with Gasteiger partial charge in [0.2, 0.25) is 5.54 Å². The molecule has 0 aromatic heterocycles. The predicted molar refractivity (Wildman–Crippen MR) is 67.4 cm³/mol. The lowest BCUT2D eigenvalue weighted by molar-refractivity contribution is -0.206. The highest BCUT2D eigenvalue weighted by Gasteiger charge is 2.57. The molecule has 0 radical (unpaired) electrons. The van der Waals surface area contributed by atoms with Gasteiger partial charge in [0.1, 0.15) is 0 Å². The monoisotopic (exact) mass is 287 g/mol. The summed E-state index contributed by atoms with van der Waals surface area (Å²) in [5.41, 5.74) is 0.104. The van der Waals surface area contributed by atoms with Crippen molar-refractivity contribution in [2.45, 2.75) is 44.4 Å². The molecule has 6 heteroatoms. The highest BCUT2D eigenvalue weighted by Crippen LogP contribution is 2.31. The molecule has 0 amide bonds. The highest BCUT2D eigenvalue weighted by molar-refractivity contribution is 5.79. The molecule has 0 bridgehead atoms. The fourth-order valence-corrected chi connectivity index (χ4v) is 2.31. The zero-order valence-electron chi connectivity index (χ0n) is 11.0. The van der Waals surface area contributed by atoms with E-state index in [2.05, 4.69) is 5.32 Å². The Hall–Kier alpha value is -1.56. The lowest BCUT2D eigenvalue weighted by Gasteiger charge is -2.28. The summed E-state index contributed by atoms with van der Waals surface area (Å²) in [4.78, 5) is 10.9. The number of fused-ring (bicyclic) bond motifs is 1. The second kappa shape index (κ2) is 5.09. The summed E-state index contributed by atoms with van der Waals surface area (Å²) < 4.78 is 38.5. The lowest BCUT2D eigenvalue weighted by atomic mass is 10.0. The van der Waals surface area contributed by atoms with Crippen molar-refractivity contribution in [2.24, 2.45) is 0 Å². The summed E-state index contributed by atoms with van der Waals surface area (Å²) in [5, 5.41) is 10.9. The van der Waals surface area contributed by atoms with Crippen LogP contribution in [0.4, 0.5) is 13.2 Å². The molecular weight excluding hydrogens is 271 g/mol. The van der Waals surface area contributed by atoms with E-state index in [0.717, 1.165) is 24.8 Å². The second-order valence-corrected chi connectivity index (χ2v) is 5.24. The third-order valence-corrected chi connectivity index (χ3v) is 3.80. The molecule has 0 spiro atoms. The van der Waals surface area contributed by atoms with E-state index in [1.54, 1.807) is 6.07 Å². The molecule has 1 unspecified atom stereocenters. The number of aliphatic carboxylic acids is 1.